The number of hydrogen-bond donors (Lipinski definition) is 1. The third-order valence-corrected chi connectivity index (χ3v) is 4.33. The van der Waals surface area contributed by atoms with Crippen LogP contribution in [0.15, 0.2) is 30.5 Å². The Morgan fingerprint density at radius 1 is 1.28 bits per heavy atom. The molecular formula is C19H22FN3O2. The van der Waals surface area contributed by atoms with Crippen LogP contribution in [0.2, 0.25) is 0 Å². The number of ether oxygens (including phenoxy) is 1. The van der Waals surface area contributed by atoms with E-state index in [4.69, 9.17) is 4.74 Å². The van der Waals surface area contributed by atoms with Crippen molar-refractivity contribution in [3.05, 3.63) is 53.1 Å². The molecule has 0 amide bonds. The van der Waals surface area contributed by atoms with E-state index in [-0.39, 0.29) is 17.5 Å². The lowest BCUT2D eigenvalue weighted by atomic mass is 9.82. The molecular weight excluding hydrogens is 321 g/mol. The van der Waals surface area contributed by atoms with E-state index in [9.17, 15) is 9.18 Å². The second kappa shape index (κ2) is 8.16. The highest BCUT2D eigenvalue weighted by Gasteiger charge is 2.28. The average Bonchev–Trinajstić information content (AvgIpc) is 2.62. The van der Waals surface area contributed by atoms with Crippen molar-refractivity contribution >= 4 is 11.7 Å². The predicted molar refractivity (Wildman–Crippen MR) is 93.4 cm³/mol. The van der Waals surface area contributed by atoms with Gasteiger partial charge in [-0.25, -0.2) is 14.4 Å². The Hall–Kier alpha value is -2.34. The summed E-state index contributed by atoms with van der Waals surface area (Å²) < 4.78 is 18.4. The molecule has 1 aliphatic carbocycles. The second-order valence-corrected chi connectivity index (χ2v) is 6.11. The summed E-state index contributed by atoms with van der Waals surface area (Å²) in [6.45, 7) is 4.09. The number of carbonyl (C=O) groups excluding carboxylic acids is 1. The lowest BCUT2D eigenvalue weighted by Gasteiger charge is -2.23. The minimum Gasteiger partial charge on any atom is -0.382 e. The fraction of sp³-hybridized carbons (Fsp3) is 0.421. The van der Waals surface area contributed by atoms with E-state index >= 15 is 0 Å². The molecule has 0 radical (unpaired) electrons. The van der Waals surface area contributed by atoms with Gasteiger partial charge in [-0.15, -0.1) is 0 Å². The van der Waals surface area contributed by atoms with Crippen LogP contribution in [0.4, 0.5) is 10.3 Å². The molecule has 0 aliphatic heterocycles. The lowest BCUT2D eigenvalue weighted by Crippen LogP contribution is -2.21. The van der Waals surface area contributed by atoms with Crippen LogP contribution in [0, 0.1) is 5.82 Å². The van der Waals surface area contributed by atoms with Gasteiger partial charge >= 0.3 is 0 Å². The van der Waals surface area contributed by atoms with Crippen molar-refractivity contribution in [2.75, 3.05) is 25.1 Å². The standard InChI is InChI=1S/C19H22FN3O2/c1-2-25-9-3-8-21-19-22-12-16-17(23-19)10-14(11-18(16)24)13-4-6-15(20)7-5-13/h4-7,12,14H,2-3,8-11H2,1H3,(H,21,22,23). The fourth-order valence-electron chi connectivity index (χ4n) is 3.02. The van der Waals surface area contributed by atoms with Crippen molar-refractivity contribution in [2.45, 2.75) is 32.1 Å². The lowest BCUT2D eigenvalue weighted by molar-refractivity contribution is 0.0962. The first kappa shape index (κ1) is 17.5. The van der Waals surface area contributed by atoms with Crippen molar-refractivity contribution in [1.82, 2.24) is 9.97 Å². The number of benzene rings is 1. The van der Waals surface area contributed by atoms with E-state index in [1.165, 1.54) is 12.1 Å². The molecule has 1 aromatic heterocycles. The molecule has 3 rings (SSSR count). The number of nitrogens with zero attached hydrogens (tertiary/aromatic N) is 2. The van der Waals surface area contributed by atoms with Crippen molar-refractivity contribution in [2.24, 2.45) is 0 Å². The SMILES string of the molecule is CCOCCCNc1ncc2c(n1)CC(c1ccc(F)cc1)CC2=O. The minimum absolute atomic E-state index is 0.0290. The van der Waals surface area contributed by atoms with Gasteiger partial charge in [-0.1, -0.05) is 12.1 Å². The summed E-state index contributed by atoms with van der Waals surface area (Å²) >= 11 is 0. The number of nitrogens with one attached hydrogen (secondary N) is 1. The first-order valence-electron chi connectivity index (χ1n) is 8.63. The Kier molecular flexibility index (Phi) is 5.71. The molecule has 25 heavy (non-hydrogen) atoms. The van der Waals surface area contributed by atoms with Gasteiger partial charge in [0.05, 0.1) is 11.3 Å². The molecule has 1 atom stereocenters. The second-order valence-electron chi connectivity index (χ2n) is 6.11. The zero-order chi connectivity index (χ0) is 17.6. The smallest absolute Gasteiger partial charge is 0.222 e. The van der Waals surface area contributed by atoms with Gasteiger partial charge in [-0.3, -0.25) is 4.79 Å². The van der Waals surface area contributed by atoms with E-state index in [0.29, 0.717) is 44.1 Å². The molecule has 5 nitrogen and oxygen atoms in total. The van der Waals surface area contributed by atoms with Crippen LogP contribution in [0.5, 0.6) is 0 Å². The topological polar surface area (TPSA) is 64.1 Å². The van der Waals surface area contributed by atoms with E-state index < -0.39 is 0 Å². The molecule has 1 unspecified atom stereocenters. The average molecular weight is 343 g/mol. The number of aromatic nitrogens is 2. The van der Waals surface area contributed by atoms with Gasteiger partial charge in [0.2, 0.25) is 5.95 Å². The molecule has 1 aromatic carbocycles. The normalized spacial score (nSPS) is 16.6. The van der Waals surface area contributed by atoms with Gasteiger partial charge in [0.15, 0.2) is 5.78 Å². The van der Waals surface area contributed by atoms with E-state index in [2.05, 4.69) is 15.3 Å². The molecule has 132 valence electrons. The fourth-order valence-corrected chi connectivity index (χ4v) is 3.02. The number of hydrogen-bond acceptors (Lipinski definition) is 5. The number of rotatable bonds is 7. The molecule has 2 aromatic rings. The minimum atomic E-state index is -0.271. The Balaban J connectivity index is 1.69. The maximum atomic E-state index is 13.1. The number of Topliss-reactive ketones (excluding diaryl/α,β-unsaturated/α-hetero) is 1. The molecule has 0 fully saturated rings. The maximum Gasteiger partial charge on any atom is 0.222 e. The van der Waals surface area contributed by atoms with Gasteiger partial charge in [0, 0.05) is 32.4 Å². The monoisotopic (exact) mass is 343 g/mol. The Morgan fingerprint density at radius 2 is 2.08 bits per heavy atom. The van der Waals surface area contributed by atoms with Crippen molar-refractivity contribution in [3.63, 3.8) is 0 Å². The molecule has 0 spiro atoms. The van der Waals surface area contributed by atoms with Gasteiger partial charge in [-0.2, -0.15) is 0 Å². The predicted octanol–water partition coefficient (Wildman–Crippen LogP) is 3.37. The molecule has 0 saturated carbocycles. The van der Waals surface area contributed by atoms with Gasteiger partial charge < -0.3 is 10.1 Å². The zero-order valence-electron chi connectivity index (χ0n) is 14.3. The third-order valence-electron chi connectivity index (χ3n) is 4.33. The Morgan fingerprint density at radius 3 is 2.84 bits per heavy atom. The molecule has 6 heteroatoms. The molecule has 0 bridgehead atoms. The van der Waals surface area contributed by atoms with Gasteiger partial charge in [0.1, 0.15) is 5.82 Å². The third kappa shape index (κ3) is 4.39. The van der Waals surface area contributed by atoms with Gasteiger partial charge in [0.25, 0.3) is 0 Å². The first-order valence-corrected chi connectivity index (χ1v) is 8.63. The summed E-state index contributed by atoms with van der Waals surface area (Å²) in [5.74, 6) is 0.328. The number of anilines is 1. The molecule has 1 N–H and O–H groups in total. The zero-order valence-corrected chi connectivity index (χ0v) is 14.3. The summed E-state index contributed by atoms with van der Waals surface area (Å²) in [5.41, 5.74) is 2.32. The number of halogens is 1. The summed E-state index contributed by atoms with van der Waals surface area (Å²) in [4.78, 5) is 21.1. The first-order chi connectivity index (χ1) is 12.2. The highest BCUT2D eigenvalue weighted by atomic mass is 19.1. The van der Waals surface area contributed by atoms with Gasteiger partial charge in [-0.05, 0) is 43.4 Å². The number of ketones is 1. The summed E-state index contributed by atoms with van der Waals surface area (Å²) in [6, 6.07) is 6.35. The van der Waals surface area contributed by atoms with Crippen LogP contribution in [-0.4, -0.2) is 35.5 Å². The maximum absolute atomic E-state index is 13.1. The summed E-state index contributed by atoms with van der Waals surface area (Å²) in [7, 11) is 0. The Bertz CT molecular complexity index is 734. The number of fused-ring (bicyclic) bond motifs is 1. The van der Waals surface area contributed by atoms with Crippen molar-refractivity contribution in [1.29, 1.82) is 0 Å². The van der Waals surface area contributed by atoms with Crippen LogP contribution >= 0.6 is 0 Å². The van der Waals surface area contributed by atoms with Crippen LogP contribution < -0.4 is 5.32 Å². The summed E-state index contributed by atoms with van der Waals surface area (Å²) in [6.07, 6.45) is 3.54. The van der Waals surface area contributed by atoms with E-state index in [0.717, 1.165) is 17.7 Å². The summed E-state index contributed by atoms with van der Waals surface area (Å²) in [5, 5.41) is 3.17. The van der Waals surface area contributed by atoms with Crippen molar-refractivity contribution in [3.8, 4) is 0 Å². The van der Waals surface area contributed by atoms with Crippen molar-refractivity contribution < 1.29 is 13.9 Å². The van der Waals surface area contributed by atoms with E-state index in [1.54, 1.807) is 18.3 Å². The largest absolute Gasteiger partial charge is 0.382 e. The number of carbonyl (C=O) groups is 1. The molecule has 0 saturated heterocycles. The quantitative estimate of drug-likeness (QED) is 0.781. The Labute approximate surface area is 146 Å². The van der Waals surface area contributed by atoms with Crippen LogP contribution in [0.25, 0.3) is 0 Å². The highest BCUT2D eigenvalue weighted by Crippen LogP contribution is 2.32. The van der Waals surface area contributed by atoms with E-state index in [1.807, 2.05) is 6.92 Å². The molecule has 1 aliphatic rings. The van der Waals surface area contributed by atoms with Crippen LogP contribution in [0.1, 0.15) is 47.3 Å². The van der Waals surface area contributed by atoms with Crippen LogP contribution in [0.3, 0.4) is 0 Å². The molecule has 1 heterocycles. The van der Waals surface area contributed by atoms with Crippen LogP contribution in [-0.2, 0) is 11.2 Å². The highest BCUT2D eigenvalue weighted by molar-refractivity contribution is 5.98.